The molecule has 1 atom stereocenters. The Morgan fingerprint density at radius 1 is 1.18 bits per heavy atom. The zero-order chi connectivity index (χ0) is 27.1. The van der Waals surface area contributed by atoms with Crippen LogP contribution in [-0.2, 0) is 14.3 Å². The molecule has 4 rings (SSSR count). The molecule has 9 nitrogen and oxygen atoms in total. The van der Waals surface area contributed by atoms with E-state index in [0.29, 0.717) is 39.2 Å². The lowest BCUT2D eigenvalue weighted by Crippen LogP contribution is -2.45. The first-order chi connectivity index (χ1) is 18.4. The van der Waals surface area contributed by atoms with Crippen LogP contribution in [0.1, 0.15) is 31.2 Å². The number of rotatable bonds is 9. The number of para-hydroxylation sites is 1. The fourth-order valence-corrected chi connectivity index (χ4v) is 4.49. The van der Waals surface area contributed by atoms with E-state index in [-0.39, 0.29) is 13.2 Å². The first-order valence-corrected chi connectivity index (χ1v) is 12.9. The van der Waals surface area contributed by atoms with E-state index in [1.54, 1.807) is 38.1 Å². The average molecular weight is 597 g/mol. The van der Waals surface area contributed by atoms with Crippen molar-refractivity contribution in [3.63, 3.8) is 0 Å². The van der Waals surface area contributed by atoms with E-state index in [0.717, 1.165) is 10.0 Å². The highest BCUT2D eigenvalue weighted by atomic mass is 79.9. The molecular formula is C27H25BrN4O5S. The Hall–Kier alpha value is -3.96. The van der Waals surface area contributed by atoms with Gasteiger partial charge in [0.05, 0.1) is 24.4 Å². The van der Waals surface area contributed by atoms with E-state index >= 15 is 0 Å². The number of nitrogens with one attached hydrogen (secondary N) is 3. The molecule has 38 heavy (non-hydrogen) atoms. The van der Waals surface area contributed by atoms with Crippen molar-refractivity contribution in [3.8, 4) is 17.1 Å². The second-order valence-corrected chi connectivity index (χ2v) is 9.45. The van der Waals surface area contributed by atoms with Crippen molar-refractivity contribution in [1.29, 1.82) is 0 Å². The number of thiocarbonyl (C=S) groups is 1. The Morgan fingerprint density at radius 2 is 2.00 bits per heavy atom. The number of hydrogen-bond donors (Lipinski definition) is 3. The summed E-state index contributed by atoms with van der Waals surface area (Å²) < 4.78 is 17.7. The molecule has 0 bridgehead atoms. The van der Waals surface area contributed by atoms with Gasteiger partial charge >= 0.3 is 5.97 Å². The summed E-state index contributed by atoms with van der Waals surface area (Å²) in [6.07, 6.45) is 1.41. The Balaban J connectivity index is 1.40. The monoisotopic (exact) mass is 596 g/mol. The highest BCUT2D eigenvalue weighted by Gasteiger charge is 2.32. The lowest BCUT2D eigenvalue weighted by Gasteiger charge is -2.30. The summed E-state index contributed by atoms with van der Waals surface area (Å²) in [5, 5.41) is 10.4. The molecule has 0 spiro atoms. The maximum absolute atomic E-state index is 12.7. The summed E-state index contributed by atoms with van der Waals surface area (Å²) in [6.45, 7) is 3.42. The predicted octanol–water partition coefficient (Wildman–Crippen LogP) is 4.59. The molecule has 1 aliphatic heterocycles. The number of carbonyl (C=O) groups excluding carboxylic acids is 2. The van der Waals surface area contributed by atoms with Crippen LogP contribution in [0.5, 0.6) is 5.75 Å². The van der Waals surface area contributed by atoms with Crippen molar-refractivity contribution in [3.05, 3.63) is 87.7 Å². The van der Waals surface area contributed by atoms with Crippen LogP contribution in [0.25, 0.3) is 11.3 Å². The van der Waals surface area contributed by atoms with E-state index in [2.05, 4.69) is 37.1 Å². The van der Waals surface area contributed by atoms with Gasteiger partial charge in [0, 0.05) is 21.3 Å². The van der Waals surface area contributed by atoms with Gasteiger partial charge in [-0.25, -0.2) is 10.2 Å². The van der Waals surface area contributed by atoms with Crippen LogP contribution in [0.2, 0.25) is 0 Å². The summed E-state index contributed by atoms with van der Waals surface area (Å²) in [5.41, 5.74) is 4.93. The standard InChI is InChI=1S/C27H25BrN4O5S/c1-3-35-26(34)24-16(2)30-27(38)31-25(24)20-9-4-5-10-22(20)36-15-23(33)32-29-14-19-11-12-21(37-19)17-7-6-8-18(28)13-17/h4-14,25H,3,15H2,1-2H3,(H,32,33)(H2,30,31,38)/t25-/m0/s1. The molecule has 0 saturated heterocycles. The number of furan rings is 1. The Kier molecular flexibility index (Phi) is 8.93. The molecule has 3 N–H and O–H groups in total. The molecule has 3 aromatic rings. The summed E-state index contributed by atoms with van der Waals surface area (Å²) in [4.78, 5) is 25.1. The largest absolute Gasteiger partial charge is 0.483 e. The van der Waals surface area contributed by atoms with Crippen LogP contribution in [0.4, 0.5) is 0 Å². The maximum atomic E-state index is 12.7. The molecule has 0 fully saturated rings. The van der Waals surface area contributed by atoms with E-state index < -0.39 is 17.9 Å². The summed E-state index contributed by atoms with van der Waals surface area (Å²) in [7, 11) is 0. The zero-order valence-corrected chi connectivity index (χ0v) is 23.0. The summed E-state index contributed by atoms with van der Waals surface area (Å²) in [5.74, 6) is 0.624. The lowest BCUT2D eigenvalue weighted by molar-refractivity contribution is -0.139. The highest BCUT2D eigenvalue weighted by molar-refractivity contribution is 9.10. The van der Waals surface area contributed by atoms with Gasteiger partial charge in [-0.2, -0.15) is 5.10 Å². The number of halogens is 1. The van der Waals surface area contributed by atoms with Gasteiger partial charge in [-0.05, 0) is 56.4 Å². The van der Waals surface area contributed by atoms with E-state index in [9.17, 15) is 9.59 Å². The third-order valence-corrected chi connectivity index (χ3v) is 6.18. The van der Waals surface area contributed by atoms with Gasteiger partial charge in [-0.1, -0.05) is 46.3 Å². The Bertz CT molecular complexity index is 1420. The van der Waals surface area contributed by atoms with E-state index in [1.807, 2.05) is 36.4 Å². The molecule has 196 valence electrons. The zero-order valence-electron chi connectivity index (χ0n) is 20.6. The number of hydrazone groups is 1. The molecule has 2 aromatic carbocycles. The van der Waals surface area contributed by atoms with Crippen LogP contribution in [0, 0.1) is 0 Å². The first kappa shape index (κ1) is 27.1. The fourth-order valence-electron chi connectivity index (χ4n) is 3.82. The third kappa shape index (κ3) is 6.67. The smallest absolute Gasteiger partial charge is 0.338 e. The van der Waals surface area contributed by atoms with Crippen molar-refractivity contribution in [2.45, 2.75) is 19.9 Å². The van der Waals surface area contributed by atoms with E-state index in [1.165, 1.54) is 6.21 Å². The van der Waals surface area contributed by atoms with E-state index in [4.69, 9.17) is 26.1 Å². The Labute approximate surface area is 233 Å². The topological polar surface area (TPSA) is 114 Å². The van der Waals surface area contributed by atoms with Crippen molar-refractivity contribution in [1.82, 2.24) is 16.1 Å². The number of amides is 1. The maximum Gasteiger partial charge on any atom is 0.338 e. The molecule has 0 unspecified atom stereocenters. The van der Waals surface area contributed by atoms with Gasteiger partial charge in [-0.15, -0.1) is 0 Å². The van der Waals surface area contributed by atoms with Crippen LogP contribution < -0.4 is 20.8 Å². The van der Waals surface area contributed by atoms with Crippen LogP contribution >= 0.6 is 28.1 Å². The van der Waals surface area contributed by atoms with Gasteiger partial charge < -0.3 is 24.5 Å². The minimum absolute atomic E-state index is 0.231. The van der Waals surface area contributed by atoms with Crippen LogP contribution in [0.15, 0.2) is 85.9 Å². The SMILES string of the molecule is CCOC(=O)C1=C(C)NC(=S)N[C@H]1c1ccccc1OCC(=O)NN=Cc1ccc(-c2cccc(Br)c2)o1. The number of nitrogens with zero attached hydrogens (tertiary/aromatic N) is 1. The third-order valence-electron chi connectivity index (χ3n) is 5.47. The van der Waals surface area contributed by atoms with Crippen LogP contribution in [0.3, 0.4) is 0 Å². The summed E-state index contributed by atoms with van der Waals surface area (Å²) >= 11 is 8.74. The van der Waals surface area contributed by atoms with Crippen LogP contribution in [-0.4, -0.2) is 36.4 Å². The number of ether oxygens (including phenoxy) is 2. The normalized spacial score (nSPS) is 15.1. The number of hydrogen-bond acceptors (Lipinski definition) is 7. The van der Waals surface area contributed by atoms with Crippen molar-refractivity contribution in [2.24, 2.45) is 5.10 Å². The Morgan fingerprint density at radius 3 is 2.79 bits per heavy atom. The number of allylic oxidation sites excluding steroid dienone is 1. The second kappa shape index (κ2) is 12.5. The van der Waals surface area contributed by atoms with Gasteiger partial charge in [0.25, 0.3) is 5.91 Å². The molecular weight excluding hydrogens is 572 g/mol. The van der Waals surface area contributed by atoms with Crippen molar-refractivity contribution >= 4 is 51.4 Å². The predicted molar refractivity (Wildman–Crippen MR) is 150 cm³/mol. The number of carbonyl (C=O) groups is 2. The number of benzene rings is 2. The highest BCUT2D eigenvalue weighted by Crippen LogP contribution is 2.33. The van der Waals surface area contributed by atoms with Crippen molar-refractivity contribution < 1.29 is 23.5 Å². The van der Waals surface area contributed by atoms with Gasteiger partial charge in [0.1, 0.15) is 17.3 Å². The molecule has 2 heterocycles. The summed E-state index contributed by atoms with van der Waals surface area (Å²) in [6, 6.07) is 17.8. The molecule has 0 aliphatic carbocycles. The first-order valence-electron chi connectivity index (χ1n) is 11.7. The van der Waals surface area contributed by atoms with Gasteiger partial charge in [0.15, 0.2) is 11.7 Å². The molecule has 0 saturated carbocycles. The molecule has 1 aliphatic rings. The molecule has 1 aromatic heterocycles. The molecule has 1 amide bonds. The van der Waals surface area contributed by atoms with Gasteiger partial charge in [0.2, 0.25) is 0 Å². The lowest BCUT2D eigenvalue weighted by atomic mass is 9.95. The quantitative estimate of drug-likeness (QED) is 0.142. The molecule has 0 radical (unpaired) electrons. The minimum Gasteiger partial charge on any atom is -0.483 e. The van der Waals surface area contributed by atoms with Crippen molar-refractivity contribution in [2.75, 3.05) is 13.2 Å². The average Bonchev–Trinajstić information content (AvgIpc) is 3.36. The van der Waals surface area contributed by atoms with Gasteiger partial charge in [-0.3, -0.25) is 4.79 Å². The fraction of sp³-hybridized carbons (Fsp3) is 0.185. The number of esters is 1. The molecule has 11 heteroatoms. The minimum atomic E-state index is -0.613. The second-order valence-electron chi connectivity index (χ2n) is 8.12.